The standard InChI is InChI=1S/C18H29NO/c1-18(2,17(20)16-11-5-4-6-12-16)14-19(3)13-15-9-7-8-10-15/h4-6,11-12,15,17,20H,7-10,13-14H2,1-3H3. The molecule has 1 aliphatic rings. The molecule has 0 heterocycles. The second kappa shape index (κ2) is 6.73. The fourth-order valence-corrected chi connectivity index (χ4v) is 3.57. The van der Waals surface area contributed by atoms with E-state index < -0.39 is 6.10 Å². The van der Waals surface area contributed by atoms with Crippen LogP contribution in [0.5, 0.6) is 0 Å². The van der Waals surface area contributed by atoms with Crippen LogP contribution in [0, 0.1) is 11.3 Å². The molecule has 1 aromatic rings. The number of rotatable bonds is 6. The van der Waals surface area contributed by atoms with E-state index in [9.17, 15) is 5.11 Å². The smallest absolute Gasteiger partial charge is 0.0853 e. The van der Waals surface area contributed by atoms with Crippen molar-refractivity contribution in [3.05, 3.63) is 35.9 Å². The molecule has 1 unspecified atom stereocenters. The van der Waals surface area contributed by atoms with Gasteiger partial charge in [-0.1, -0.05) is 57.0 Å². The predicted molar refractivity (Wildman–Crippen MR) is 84.6 cm³/mol. The van der Waals surface area contributed by atoms with Crippen molar-refractivity contribution < 1.29 is 5.11 Å². The molecule has 0 aromatic heterocycles. The Morgan fingerprint density at radius 3 is 2.40 bits per heavy atom. The minimum Gasteiger partial charge on any atom is -0.388 e. The molecule has 1 aromatic carbocycles. The van der Waals surface area contributed by atoms with E-state index in [2.05, 4.69) is 25.8 Å². The van der Waals surface area contributed by atoms with Gasteiger partial charge in [0.05, 0.1) is 6.10 Å². The Kier molecular flexibility index (Phi) is 5.22. The second-order valence-corrected chi connectivity index (χ2v) is 7.15. The summed E-state index contributed by atoms with van der Waals surface area (Å²) >= 11 is 0. The van der Waals surface area contributed by atoms with E-state index in [-0.39, 0.29) is 5.41 Å². The van der Waals surface area contributed by atoms with Crippen LogP contribution >= 0.6 is 0 Å². The lowest BCUT2D eigenvalue weighted by atomic mass is 9.82. The molecule has 20 heavy (non-hydrogen) atoms. The number of aliphatic hydroxyl groups excluding tert-OH is 1. The van der Waals surface area contributed by atoms with Crippen LogP contribution in [0.3, 0.4) is 0 Å². The van der Waals surface area contributed by atoms with Gasteiger partial charge in [0.2, 0.25) is 0 Å². The fourth-order valence-electron chi connectivity index (χ4n) is 3.57. The molecular formula is C18H29NO. The van der Waals surface area contributed by atoms with Gasteiger partial charge in [0.25, 0.3) is 0 Å². The van der Waals surface area contributed by atoms with Crippen molar-refractivity contribution >= 4 is 0 Å². The molecule has 1 fully saturated rings. The Hall–Kier alpha value is -0.860. The van der Waals surface area contributed by atoms with Crippen LogP contribution in [0.1, 0.15) is 51.2 Å². The molecule has 112 valence electrons. The van der Waals surface area contributed by atoms with Gasteiger partial charge in [-0.25, -0.2) is 0 Å². The molecule has 2 heteroatoms. The lowest BCUT2D eigenvalue weighted by molar-refractivity contribution is 0.0231. The third-order valence-electron chi connectivity index (χ3n) is 4.58. The number of hydrogen-bond acceptors (Lipinski definition) is 2. The Labute approximate surface area is 123 Å². The quantitative estimate of drug-likeness (QED) is 0.852. The largest absolute Gasteiger partial charge is 0.388 e. The van der Waals surface area contributed by atoms with E-state index in [0.29, 0.717) is 0 Å². The third kappa shape index (κ3) is 4.07. The molecule has 0 bridgehead atoms. The predicted octanol–water partition coefficient (Wildman–Crippen LogP) is 3.87. The first-order valence-corrected chi connectivity index (χ1v) is 7.90. The van der Waals surface area contributed by atoms with Gasteiger partial charge in [-0.2, -0.15) is 0 Å². The highest BCUT2D eigenvalue weighted by Crippen LogP contribution is 2.34. The van der Waals surface area contributed by atoms with Crippen LogP contribution < -0.4 is 0 Å². The van der Waals surface area contributed by atoms with Gasteiger partial charge < -0.3 is 10.0 Å². The van der Waals surface area contributed by atoms with Gasteiger partial charge >= 0.3 is 0 Å². The zero-order valence-corrected chi connectivity index (χ0v) is 13.2. The molecule has 1 atom stereocenters. The lowest BCUT2D eigenvalue weighted by Crippen LogP contribution is -2.37. The minimum atomic E-state index is -0.408. The average Bonchev–Trinajstić information content (AvgIpc) is 2.91. The van der Waals surface area contributed by atoms with E-state index in [1.807, 2.05) is 30.3 Å². The summed E-state index contributed by atoms with van der Waals surface area (Å²) in [7, 11) is 2.19. The molecular weight excluding hydrogens is 246 g/mol. The fraction of sp³-hybridized carbons (Fsp3) is 0.667. The van der Waals surface area contributed by atoms with E-state index in [4.69, 9.17) is 0 Å². The van der Waals surface area contributed by atoms with Crippen molar-refractivity contribution in [2.75, 3.05) is 20.1 Å². The summed E-state index contributed by atoms with van der Waals surface area (Å²) < 4.78 is 0. The molecule has 1 N–H and O–H groups in total. The first-order chi connectivity index (χ1) is 9.49. The van der Waals surface area contributed by atoms with E-state index in [1.165, 1.54) is 32.2 Å². The van der Waals surface area contributed by atoms with Gasteiger partial charge in [-0.15, -0.1) is 0 Å². The summed E-state index contributed by atoms with van der Waals surface area (Å²) in [5, 5.41) is 10.6. The first kappa shape index (κ1) is 15.5. The lowest BCUT2D eigenvalue weighted by Gasteiger charge is -2.35. The van der Waals surface area contributed by atoms with Crippen molar-refractivity contribution in [2.45, 2.75) is 45.6 Å². The Balaban J connectivity index is 1.91. The zero-order chi connectivity index (χ0) is 14.6. The summed E-state index contributed by atoms with van der Waals surface area (Å²) in [6.07, 6.45) is 5.15. The van der Waals surface area contributed by atoms with Gasteiger partial charge in [0, 0.05) is 18.5 Å². The number of aliphatic hydroxyl groups is 1. The Bertz CT molecular complexity index is 395. The van der Waals surface area contributed by atoms with E-state index >= 15 is 0 Å². The SMILES string of the molecule is CN(CC1CCCC1)CC(C)(C)C(O)c1ccccc1. The molecule has 1 aliphatic carbocycles. The number of hydrogen-bond donors (Lipinski definition) is 1. The second-order valence-electron chi connectivity index (χ2n) is 7.15. The molecule has 0 radical (unpaired) electrons. The van der Waals surface area contributed by atoms with Gasteiger partial charge in [0.15, 0.2) is 0 Å². The van der Waals surface area contributed by atoms with Crippen molar-refractivity contribution in [2.24, 2.45) is 11.3 Å². The van der Waals surface area contributed by atoms with Gasteiger partial charge in [0.1, 0.15) is 0 Å². The molecule has 0 aliphatic heterocycles. The van der Waals surface area contributed by atoms with Gasteiger partial charge in [-0.3, -0.25) is 0 Å². The van der Waals surface area contributed by atoms with Crippen LogP contribution in [-0.4, -0.2) is 30.1 Å². The highest BCUT2D eigenvalue weighted by molar-refractivity contribution is 5.19. The van der Waals surface area contributed by atoms with E-state index in [1.54, 1.807) is 0 Å². The molecule has 0 amide bonds. The topological polar surface area (TPSA) is 23.5 Å². The molecule has 1 saturated carbocycles. The zero-order valence-electron chi connectivity index (χ0n) is 13.2. The minimum absolute atomic E-state index is 0.130. The molecule has 0 saturated heterocycles. The maximum absolute atomic E-state index is 10.6. The average molecular weight is 275 g/mol. The van der Waals surface area contributed by atoms with Crippen LogP contribution in [0.2, 0.25) is 0 Å². The first-order valence-electron chi connectivity index (χ1n) is 7.90. The maximum Gasteiger partial charge on any atom is 0.0853 e. The normalized spacial score (nSPS) is 18.6. The summed E-state index contributed by atoms with van der Waals surface area (Å²) in [5.41, 5.74) is 0.890. The van der Waals surface area contributed by atoms with Crippen molar-refractivity contribution in [3.8, 4) is 0 Å². The highest BCUT2D eigenvalue weighted by Gasteiger charge is 2.31. The van der Waals surface area contributed by atoms with E-state index in [0.717, 1.165) is 18.0 Å². The van der Waals surface area contributed by atoms with Crippen LogP contribution in [0.4, 0.5) is 0 Å². The van der Waals surface area contributed by atoms with Crippen LogP contribution in [0.15, 0.2) is 30.3 Å². The molecule has 2 nitrogen and oxygen atoms in total. The Morgan fingerprint density at radius 1 is 1.20 bits per heavy atom. The van der Waals surface area contributed by atoms with Crippen molar-refractivity contribution in [1.82, 2.24) is 4.90 Å². The summed E-state index contributed by atoms with van der Waals surface area (Å²) in [5.74, 6) is 0.865. The maximum atomic E-state index is 10.6. The van der Waals surface area contributed by atoms with Crippen molar-refractivity contribution in [1.29, 1.82) is 0 Å². The summed E-state index contributed by atoms with van der Waals surface area (Å²) in [6, 6.07) is 10.0. The van der Waals surface area contributed by atoms with Gasteiger partial charge in [-0.05, 0) is 31.4 Å². The summed E-state index contributed by atoms with van der Waals surface area (Å²) in [6.45, 7) is 6.43. The number of benzene rings is 1. The van der Waals surface area contributed by atoms with Crippen molar-refractivity contribution in [3.63, 3.8) is 0 Å². The van der Waals surface area contributed by atoms with Crippen LogP contribution in [0.25, 0.3) is 0 Å². The summed E-state index contributed by atoms with van der Waals surface area (Å²) in [4.78, 5) is 2.40. The molecule has 0 spiro atoms. The highest BCUT2D eigenvalue weighted by atomic mass is 16.3. The van der Waals surface area contributed by atoms with Crippen LogP contribution in [-0.2, 0) is 0 Å². The number of nitrogens with zero attached hydrogens (tertiary/aromatic N) is 1. The Morgan fingerprint density at radius 2 is 1.80 bits per heavy atom. The third-order valence-corrected chi connectivity index (χ3v) is 4.58. The monoisotopic (exact) mass is 275 g/mol. The molecule has 2 rings (SSSR count).